The number of aliphatic hydroxyl groups is 2. The second kappa shape index (κ2) is 8.10. The van der Waals surface area contributed by atoms with Crippen LogP contribution in [0.4, 0.5) is 25.3 Å². The van der Waals surface area contributed by atoms with Gasteiger partial charge in [-0.15, -0.1) is 10.2 Å². The van der Waals surface area contributed by atoms with Crippen LogP contribution in [0.2, 0.25) is 0 Å². The van der Waals surface area contributed by atoms with Crippen molar-refractivity contribution >= 4 is 44.7 Å². The van der Waals surface area contributed by atoms with Crippen molar-refractivity contribution < 1.29 is 23.8 Å². The van der Waals surface area contributed by atoms with E-state index in [-0.39, 0.29) is 16.3 Å². The third-order valence-electron chi connectivity index (χ3n) is 4.12. The van der Waals surface area contributed by atoms with E-state index >= 15 is 0 Å². The van der Waals surface area contributed by atoms with E-state index in [1.807, 2.05) is 12.1 Å². The molecule has 30 heavy (non-hydrogen) atoms. The summed E-state index contributed by atoms with van der Waals surface area (Å²) in [6.07, 6.45) is -0.0241. The first kappa shape index (κ1) is 19.8. The number of aromatic amines is 1. The zero-order valence-corrected chi connectivity index (χ0v) is 15.9. The zero-order valence-electron chi connectivity index (χ0n) is 15.1. The summed E-state index contributed by atoms with van der Waals surface area (Å²) in [6.45, 7) is -0.807. The van der Waals surface area contributed by atoms with Crippen LogP contribution >= 0.6 is 11.3 Å². The Hall–Kier alpha value is -3.48. The van der Waals surface area contributed by atoms with Crippen molar-refractivity contribution in [1.29, 1.82) is 0 Å². The highest BCUT2D eigenvalue weighted by Gasteiger charge is 2.19. The topological polar surface area (TPSA) is 136 Å². The fourth-order valence-electron chi connectivity index (χ4n) is 2.65. The summed E-state index contributed by atoms with van der Waals surface area (Å²) in [7, 11) is 0. The quantitative estimate of drug-likeness (QED) is 0.316. The molecule has 0 bridgehead atoms. The van der Waals surface area contributed by atoms with Gasteiger partial charge in [-0.1, -0.05) is 11.3 Å². The number of H-pyrrole nitrogens is 1. The molecule has 0 saturated heterocycles. The second-order valence-corrected chi connectivity index (χ2v) is 7.19. The van der Waals surface area contributed by atoms with Crippen molar-refractivity contribution in [2.45, 2.75) is 6.10 Å². The van der Waals surface area contributed by atoms with E-state index in [0.717, 1.165) is 28.3 Å². The molecule has 0 radical (unpaired) electrons. The molecule has 1 atom stereocenters. The lowest BCUT2D eigenvalue weighted by atomic mass is 10.1. The molecule has 0 spiro atoms. The van der Waals surface area contributed by atoms with Gasteiger partial charge < -0.3 is 20.8 Å². The van der Waals surface area contributed by atoms with Gasteiger partial charge in [-0.2, -0.15) is 5.10 Å². The fourth-order valence-corrected chi connectivity index (χ4v) is 3.43. The van der Waals surface area contributed by atoms with Crippen molar-refractivity contribution in [3.63, 3.8) is 0 Å². The number of benzene rings is 2. The molecule has 2 aromatic heterocycles. The van der Waals surface area contributed by atoms with E-state index in [4.69, 9.17) is 5.11 Å². The zero-order chi connectivity index (χ0) is 21.3. The minimum absolute atomic E-state index is 0.0806. The number of hydrogen-bond acceptors (Lipinski definition) is 8. The number of anilines is 3. The van der Waals surface area contributed by atoms with Gasteiger partial charge in [0, 0.05) is 22.8 Å². The Kier molecular flexibility index (Phi) is 5.35. The average molecular weight is 432 g/mol. The fraction of sp³-hybridized carbons (Fsp3) is 0.111. The standard InChI is InChI=1S/C18H14F2N6O3S/c19-12-5-10(22-16(29)14(28)7-27)4-11(15(12)20)17-25-26-18(30-17)23-9-1-2-13-8(3-9)6-21-24-13/h1-6,14,27-28H,7H2,(H,21,24)(H,22,29)(H,23,26). The molecule has 2 heterocycles. The van der Waals surface area contributed by atoms with Crippen LogP contribution in [0.5, 0.6) is 0 Å². The van der Waals surface area contributed by atoms with Crippen LogP contribution in [0, 0.1) is 11.6 Å². The van der Waals surface area contributed by atoms with Crippen LogP contribution in [0.1, 0.15) is 0 Å². The first-order valence-electron chi connectivity index (χ1n) is 8.57. The van der Waals surface area contributed by atoms with Crippen molar-refractivity contribution in [1.82, 2.24) is 20.4 Å². The number of halogens is 2. The number of carbonyl (C=O) groups is 1. The Bertz CT molecular complexity index is 1230. The average Bonchev–Trinajstić information content (AvgIpc) is 3.39. The van der Waals surface area contributed by atoms with Gasteiger partial charge in [-0.3, -0.25) is 9.89 Å². The molecule has 154 valence electrons. The largest absolute Gasteiger partial charge is 0.393 e. The van der Waals surface area contributed by atoms with E-state index in [1.165, 1.54) is 6.07 Å². The van der Waals surface area contributed by atoms with Gasteiger partial charge in [0.2, 0.25) is 5.13 Å². The second-order valence-electron chi connectivity index (χ2n) is 6.22. The highest BCUT2D eigenvalue weighted by atomic mass is 32.1. The molecule has 9 nitrogen and oxygen atoms in total. The number of aliphatic hydroxyl groups excluding tert-OH is 2. The van der Waals surface area contributed by atoms with Crippen LogP contribution in [-0.2, 0) is 4.79 Å². The van der Waals surface area contributed by atoms with E-state index in [9.17, 15) is 18.7 Å². The monoisotopic (exact) mass is 432 g/mol. The highest BCUT2D eigenvalue weighted by Crippen LogP contribution is 2.33. The van der Waals surface area contributed by atoms with Gasteiger partial charge in [0.15, 0.2) is 22.7 Å². The number of nitrogens with one attached hydrogen (secondary N) is 3. The highest BCUT2D eigenvalue weighted by molar-refractivity contribution is 7.18. The lowest BCUT2D eigenvalue weighted by Crippen LogP contribution is -2.30. The molecule has 2 aromatic carbocycles. The van der Waals surface area contributed by atoms with E-state index < -0.39 is 30.3 Å². The Balaban J connectivity index is 1.59. The summed E-state index contributed by atoms with van der Waals surface area (Å²) in [6, 6.07) is 7.39. The maximum Gasteiger partial charge on any atom is 0.255 e. The Morgan fingerprint density at radius 3 is 2.83 bits per heavy atom. The van der Waals surface area contributed by atoms with E-state index in [0.29, 0.717) is 10.8 Å². The van der Waals surface area contributed by atoms with Crippen molar-refractivity contribution in [2.24, 2.45) is 0 Å². The third kappa shape index (κ3) is 3.96. The molecule has 12 heteroatoms. The summed E-state index contributed by atoms with van der Waals surface area (Å²) < 4.78 is 28.4. The molecule has 0 saturated carbocycles. The molecular weight excluding hydrogens is 418 g/mol. The first-order chi connectivity index (χ1) is 14.4. The Labute approximate surface area is 171 Å². The maximum absolute atomic E-state index is 14.3. The smallest absolute Gasteiger partial charge is 0.255 e. The SMILES string of the molecule is O=C(Nc1cc(F)c(F)c(-c2nnc(Nc3ccc4[nH]ncc4c3)s2)c1)C(O)CO. The summed E-state index contributed by atoms with van der Waals surface area (Å²) >= 11 is 0.984. The normalized spacial score (nSPS) is 12.1. The number of fused-ring (bicyclic) bond motifs is 1. The van der Waals surface area contributed by atoms with Crippen LogP contribution in [0.25, 0.3) is 21.5 Å². The van der Waals surface area contributed by atoms with Crippen LogP contribution in [-0.4, -0.2) is 49.2 Å². The predicted octanol–water partition coefficient (Wildman–Crippen LogP) is 2.39. The molecule has 0 aliphatic heterocycles. The van der Waals surface area contributed by atoms with Crippen molar-refractivity contribution in [3.8, 4) is 10.6 Å². The van der Waals surface area contributed by atoms with Crippen molar-refractivity contribution in [2.75, 3.05) is 17.2 Å². The predicted molar refractivity (Wildman–Crippen MR) is 106 cm³/mol. The van der Waals surface area contributed by atoms with Crippen LogP contribution < -0.4 is 10.6 Å². The number of aromatic nitrogens is 4. The van der Waals surface area contributed by atoms with Gasteiger partial charge in [0.25, 0.3) is 5.91 Å². The molecular formula is C18H14F2N6O3S. The van der Waals surface area contributed by atoms with Gasteiger partial charge in [-0.25, -0.2) is 8.78 Å². The van der Waals surface area contributed by atoms with E-state index in [1.54, 1.807) is 12.3 Å². The number of rotatable bonds is 6. The van der Waals surface area contributed by atoms with Gasteiger partial charge in [-0.05, 0) is 24.3 Å². The van der Waals surface area contributed by atoms with Gasteiger partial charge in [0.05, 0.1) is 23.9 Å². The molecule has 4 rings (SSSR count). The molecule has 5 N–H and O–H groups in total. The first-order valence-corrected chi connectivity index (χ1v) is 9.39. The molecule has 4 aromatic rings. The summed E-state index contributed by atoms with van der Waals surface area (Å²) in [4.78, 5) is 11.7. The number of amides is 1. The molecule has 0 aliphatic rings. The maximum atomic E-state index is 14.3. The minimum Gasteiger partial charge on any atom is -0.393 e. The van der Waals surface area contributed by atoms with Gasteiger partial charge in [0.1, 0.15) is 0 Å². The number of carbonyl (C=O) groups excluding carboxylic acids is 1. The lowest BCUT2D eigenvalue weighted by Gasteiger charge is -2.10. The Morgan fingerprint density at radius 2 is 2.03 bits per heavy atom. The summed E-state index contributed by atoms with van der Waals surface area (Å²) in [5, 5.41) is 39.3. The number of nitrogens with zero attached hydrogens (tertiary/aromatic N) is 3. The summed E-state index contributed by atoms with van der Waals surface area (Å²) in [5.41, 5.74) is 1.26. The van der Waals surface area contributed by atoms with Crippen LogP contribution in [0.15, 0.2) is 36.5 Å². The summed E-state index contributed by atoms with van der Waals surface area (Å²) in [5.74, 6) is -3.32. The number of hydrogen-bond donors (Lipinski definition) is 5. The Morgan fingerprint density at radius 1 is 1.20 bits per heavy atom. The van der Waals surface area contributed by atoms with Gasteiger partial charge >= 0.3 is 0 Å². The lowest BCUT2D eigenvalue weighted by molar-refractivity contribution is -0.125. The molecule has 1 amide bonds. The molecule has 1 unspecified atom stereocenters. The van der Waals surface area contributed by atoms with Crippen molar-refractivity contribution in [3.05, 3.63) is 48.2 Å². The van der Waals surface area contributed by atoms with E-state index in [2.05, 4.69) is 31.0 Å². The molecule has 0 aliphatic carbocycles. The van der Waals surface area contributed by atoms with Crippen LogP contribution in [0.3, 0.4) is 0 Å². The third-order valence-corrected chi connectivity index (χ3v) is 4.99. The molecule has 0 fully saturated rings. The minimum atomic E-state index is -1.69.